The molecule has 2 aromatic carbocycles. The first kappa shape index (κ1) is 19.4. The largest absolute Gasteiger partial charge is 0.338 e. The first-order valence-corrected chi connectivity index (χ1v) is 10.2. The molecule has 0 N–H and O–H groups in total. The molecule has 0 aliphatic rings. The molecular formula is C21H17ClN4O2S. The van der Waals surface area contributed by atoms with Gasteiger partial charge in [0, 0.05) is 17.1 Å². The number of hydrogen-bond donors (Lipinski definition) is 0. The van der Waals surface area contributed by atoms with Crippen LogP contribution in [0, 0.1) is 6.92 Å². The molecule has 29 heavy (non-hydrogen) atoms. The summed E-state index contributed by atoms with van der Waals surface area (Å²) in [7, 11) is 0. The number of thioether (sulfide) groups is 1. The molecule has 0 fully saturated rings. The van der Waals surface area contributed by atoms with E-state index in [0.717, 1.165) is 11.1 Å². The number of rotatable bonds is 6. The molecule has 146 valence electrons. The topological polar surface area (TPSA) is 73.8 Å². The van der Waals surface area contributed by atoms with E-state index in [1.807, 2.05) is 31.2 Å². The number of halogens is 1. The summed E-state index contributed by atoms with van der Waals surface area (Å²) in [4.78, 5) is 21.9. The van der Waals surface area contributed by atoms with Gasteiger partial charge in [0.05, 0.1) is 16.7 Å². The molecule has 4 aromatic rings. The number of aryl methyl sites for hydroxylation is 1. The Balaban J connectivity index is 1.62. The minimum absolute atomic E-state index is 0.139. The van der Waals surface area contributed by atoms with Crippen molar-refractivity contribution >= 4 is 34.3 Å². The highest BCUT2D eigenvalue weighted by Gasteiger charge is 2.14. The normalized spacial score (nSPS) is 11.1. The molecule has 4 rings (SSSR count). The summed E-state index contributed by atoms with van der Waals surface area (Å²) in [6.45, 7) is 6.11. The predicted octanol–water partition coefficient (Wildman–Crippen LogP) is 4.89. The van der Waals surface area contributed by atoms with E-state index < -0.39 is 0 Å². The number of hydrogen-bond acceptors (Lipinski definition) is 6. The maximum Gasteiger partial charge on any atom is 0.262 e. The van der Waals surface area contributed by atoms with Crippen molar-refractivity contribution in [3.05, 3.63) is 82.0 Å². The molecule has 0 radical (unpaired) electrons. The van der Waals surface area contributed by atoms with E-state index in [0.29, 0.717) is 45.1 Å². The molecule has 0 aliphatic heterocycles. The van der Waals surface area contributed by atoms with Crippen LogP contribution < -0.4 is 5.56 Å². The van der Waals surface area contributed by atoms with Gasteiger partial charge in [-0.3, -0.25) is 9.36 Å². The molecule has 6 nitrogen and oxygen atoms in total. The summed E-state index contributed by atoms with van der Waals surface area (Å²) in [6.07, 6.45) is 1.66. The van der Waals surface area contributed by atoms with Gasteiger partial charge >= 0.3 is 0 Å². The van der Waals surface area contributed by atoms with Gasteiger partial charge in [-0.1, -0.05) is 64.4 Å². The van der Waals surface area contributed by atoms with Gasteiger partial charge < -0.3 is 4.52 Å². The van der Waals surface area contributed by atoms with E-state index in [2.05, 4.69) is 21.7 Å². The summed E-state index contributed by atoms with van der Waals surface area (Å²) in [5.74, 6) is 1.37. The minimum atomic E-state index is -0.139. The van der Waals surface area contributed by atoms with Gasteiger partial charge in [-0.15, -0.1) is 6.58 Å². The van der Waals surface area contributed by atoms with E-state index in [1.165, 1.54) is 11.8 Å². The Morgan fingerprint density at radius 1 is 1.21 bits per heavy atom. The molecule has 0 atom stereocenters. The lowest BCUT2D eigenvalue weighted by molar-refractivity contribution is 0.391. The van der Waals surface area contributed by atoms with Gasteiger partial charge in [-0.2, -0.15) is 4.98 Å². The summed E-state index contributed by atoms with van der Waals surface area (Å²) < 4.78 is 6.94. The Labute approximate surface area is 176 Å². The molecule has 0 saturated carbocycles. The third kappa shape index (κ3) is 4.11. The maximum atomic E-state index is 12.8. The highest BCUT2D eigenvalue weighted by Crippen LogP contribution is 2.24. The Bertz CT molecular complexity index is 1250. The van der Waals surface area contributed by atoms with Crippen molar-refractivity contribution in [2.45, 2.75) is 24.4 Å². The van der Waals surface area contributed by atoms with Gasteiger partial charge in [-0.05, 0) is 25.1 Å². The Morgan fingerprint density at radius 3 is 2.76 bits per heavy atom. The fourth-order valence-electron chi connectivity index (χ4n) is 2.83. The summed E-state index contributed by atoms with van der Waals surface area (Å²) in [5.41, 5.74) is 2.46. The van der Waals surface area contributed by atoms with Crippen LogP contribution in [0.4, 0.5) is 0 Å². The average Bonchev–Trinajstić information content (AvgIpc) is 3.18. The monoisotopic (exact) mass is 424 g/mol. The highest BCUT2D eigenvalue weighted by molar-refractivity contribution is 7.98. The number of benzene rings is 2. The SMILES string of the molecule is C=CCn1c(SCc2nc(-c3ccc(C)cc3)no2)nc2cc(Cl)ccc2c1=O. The maximum absolute atomic E-state index is 12.8. The molecule has 0 aliphatic carbocycles. The second-order valence-electron chi connectivity index (χ2n) is 6.43. The van der Waals surface area contributed by atoms with Crippen molar-refractivity contribution in [1.82, 2.24) is 19.7 Å². The Hall–Kier alpha value is -2.90. The van der Waals surface area contributed by atoms with Crippen molar-refractivity contribution in [2.75, 3.05) is 0 Å². The standard InChI is InChI=1S/C21H17ClN4O2S/c1-3-10-26-20(27)16-9-8-15(22)11-17(16)23-21(26)29-12-18-24-19(25-28-18)14-6-4-13(2)5-7-14/h3-9,11H,1,10,12H2,2H3. The van der Waals surface area contributed by atoms with Crippen LogP contribution in [0.1, 0.15) is 11.5 Å². The summed E-state index contributed by atoms with van der Waals surface area (Å²) in [5, 5.41) is 5.63. The van der Waals surface area contributed by atoms with Crippen LogP contribution in [0.25, 0.3) is 22.3 Å². The van der Waals surface area contributed by atoms with Crippen LogP contribution in [0.5, 0.6) is 0 Å². The highest BCUT2D eigenvalue weighted by atomic mass is 35.5. The smallest absolute Gasteiger partial charge is 0.262 e. The number of allylic oxidation sites excluding steroid dienone is 1. The lowest BCUT2D eigenvalue weighted by atomic mass is 10.1. The molecular weight excluding hydrogens is 408 g/mol. The van der Waals surface area contributed by atoms with Crippen molar-refractivity contribution < 1.29 is 4.52 Å². The second-order valence-corrected chi connectivity index (χ2v) is 7.81. The van der Waals surface area contributed by atoms with E-state index in [-0.39, 0.29) is 5.56 Å². The van der Waals surface area contributed by atoms with Gasteiger partial charge in [0.25, 0.3) is 5.56 Å². The first-order valence-electron chi connectivity index (χ1n) is 8.88. The summed E-state index contributed by atoms with van der Waals surface area (Å²) >= 11 is 7.41. The number of fused-ring (bicyclic) bond motifs is 1. The van der Waals surface area contributed by atoms with Crippen LogP contribution in [0.3, 0.4) is 0 Å². The fraction of sp³-hybridized carbons (Fsp3) is 0.143. The number of aromatic nitrogens is 4. The van der Waals surface area contributed by atoms with Crippen LogP contribution in [-0.2, 0) is 12.3 Å². The van der Waals surface area contributed by atoms with E-state index >= 15 is 0 Å². The molecule has 0 amide bonds. The van der Waals surface area contributed by atoms with Crippen LogP contribution in [0.15, 0.2) is 69.6 Å². The quantitative estimate of drug-likeness (QED) is 0.249. The van der Waals surface area contributed by atoms with Gasteiger partial charge in [-0.25, -0.2) is 4.98 Å². The fourth-order valence-corrected chi connectivity index (χ4v) is 3.85. The molecule has 0 spiro atoms. The zero-order valence-electron chi connectivity index (χ0n) is 15.6. The number of nitrogens with zero attached hydrogens (tertiary/aromatic N) is 4. The minimum Gasteiger partial charge on any atom is -0.338 e. The van der Waals surface area contributed by atoms with E-state index in [4.69, 9.17) is 16.1 Å². The second kappa shape index (κ2) is 8.23. The van der Waals surface area contributed by atoms with Gasteiger partial charge in [0.15, 0.2) is 5.16 Å². The van der Waals surface area contributed by atoms with E-state index in [1.54, 1.807) is 28.8 Å². The van der Waals surface area contributed by atoms with Crippen molar-refractivity contribution in [2.24, 2.45) is 0 Å². The molecule has 8 heteroatoms. The van der Waals surface area contributed by atoms with Gasteiger partial charge in [0.2, 0.25) is 11.7 Å². The van der Waals surface area contributed by atoms with Crippen molar-refractivity contribution in [1.29, 1.82) is 0 Å². The van der Waals surface area contributed by atoms with E-state index in [9.17, 15) is 4.79 Å². The molecule has 0 unspecified atom stereocenters. The van der Waals surface area contributed by atoms with Crippen molar-refractivity contribution in [3.63, 3.8) is 0 Å². The zero-order valence-corrected chi connectivity index (χ0v) is 17.2. The van der Waals surface area contributed by atoms with Gasteiger partial charge in [0.1, 0.15) is 0 Å². The van der Waals surface area contributed by atoms with Crippen LogP contribution in [0.2, 0.25) is 5.02 Å². The lowest BCUT2D eigenvalue weighted by Crippen LogP contribution is -2.22. The molecule has 0 bridgehead atoms. The predicted molar refractivity (Wildman–Crippen MR) is 115 cm³/mol. The third-order valence-electron chi connectivity index (χ3n) is 4.30. The van der Waals surface area contributed by atoms with Crippen LogP contribution >= 0.6 is 23.4 Å². The molecule has 0 saturated heterocycles. The zero-order chi connectivity index (χ0) is 20.4. The lowest BCUT2D eigenvalue weighted by Gasteiger charge is -2.10. The Kier molecular flexibility index (Phi) is 5.51. The average molecular weight is 425 g/mol. The summed E-state index contributed by atoms with van der Waals surface area (Å²) in [6, 6.07) is 13.0. The molecule has 2 heterocycles. The first-order chi connectivity index (χ1) is 14.0. The van der Waals surface area contributed by atoms with Crippen LogP contribution in [-0.4, -0.2) is 19.7 Å². The molecule has 2 aromatic heterocycles. The Morgan fingerprint density at radius 2 is 2.00 bits per heavy atom. The third-order valence-corrected chi connectivity index (χ3v) is 5.49. The van der Waals surface area contributed by atoms with Crippen molar-refractivity contribution in [3.8, 4) is 11.4 Å².